The summed E-state index contributed by atoms with van der Waals surface area (Å²) < 4.78 is 7.70. The molecule has 2 aromatic rings. The maximum atomic E-state index is 10.9. The molecule has 0 N–H and O–H groups in total. The van der Waals surface area contributed by atoms with Gasteiger partial charge in [0.25, 0.3) is 5.69 Å². The molecule has 0 fully saturated rings. The molecule has 2 rings (SSSR count). The van der Waals surface area contributed by atoms with Crippen LogP contribution < -0.4 is 4.90 Å². The minimum Gasteiger partial charge on any atom is -0.361 e. The normalized spacial score (nSPS) is 11.6. The molecule has 0 bridgehead atoms. The lowest BCUT2D eigenvalue weighted by molar-refractivity contribution is -0.384. The number of anilines is 1. The van der Waals surface area contributed by atoms with Crippen LogP contribution >= 0.6 is 0 Å². The molecule has 0 spiro atoms. The second kappa shape index (κ2) is 8.01. The smallest absolute Gasteiger partial charge is 0.269 e. The Bertz CT molecular complexity index is 764. The maximum Gasteiger partial charge on any atom is 0.269 e. The first-order chi connectivity index (χ1) is 12.1. The van der Waals surface area contributed by atoms with Crippen LogP contribution in [0.3, 0.4) is 0 Å². The molecule has 0 amide bonds. The molecule has 1 aromatic carbocycles. The summed E-state index contributed by atoms with van der Waals surface area (Å²) in [6.45, 7) is 10.1. The summed E-state index contributed by atoms with van der Waals surface area (Å²) in [5.74, 6) is 0.824. The van der Waals surface area contributed by atoms with Gasteiger partial charge < -0.3 is 9.64 Å². The van der Waals surface area contributed by atoms with Gasteiger partial charge in [-0.05, 0) is 30.7 Å². The number of hydrogen-bond acceptors (Lipinski definition) is 5. The van der Waals surface area contributed by atoms with E-state index in [0.29, 0.717) is 6.73 Å². The third-order valence-corrected chi connectivity index (χ3v) is 5.89. The van der Waals surface area contributed by atoms with E-state index >= 15 is 0 Å². The van der Waals surface area contributed by atoms with Crippen LogP contribution in [0, 0.1) is 17.0 Å². The summed E-state index contributed by atoms with van der Waals surface area (Å²) in [7, 11) is 2.76. The Hall–Kier alpha value is -2.19. The van der Waals surface area contributed by atoms with Crippen molar-refractivity contribution in [3.63, 3.8) is 0 Å². The summed E-state index contributed by atoms with van der Waals surface area (Å²) in [4.78, 5) is 12.4. The molecule has 0 saturated carbocycles. The van der Waals surface area contributed by atoms with Crippen molar-refractivity contribution in [1.29, 1.82) is 0 Å². The zero-order valence-corrected chi connectivity index (χ0v) is 17.4. The van der Waals surface area contributed by atoms with Crippen molar-refractivity contribution in [3.8, 4) is 11.1 Å². The number of non-ortho nitro benzene ring substituents is 1. The predicted octanol–water partition coefficient (Wildman–Crippen LogP) is 4.15. The largest absolute Gasteiger partial charge is 0.361 e. The van der Waals surface area contributed by atoms with Gasteiger partial charge in [0.05, 0.1) is 4.92 Å². The molecule has 1 aromatic heterocycles. The standard InChI is InChI=1S/C18H28N4O3Si/c1-14-17(15-7-9-16(10-8-15)22(23)24)18(20(2)3)19-21(14)13-25-11-12-26(4,5)6/h7-10H,11-13H2,1-6H3. The fraction of sp³-hybridized carbons (Fsp3) is 0.500. The van der Waals surface area contributed by atoms with Gasteiger partial charge in [0.1, 0.15) is 6.73 Å². The van der Waals surface area contributed by atoms with Crippen LogP contribution in [-0.4, -0.2) is 43.5 Å². The second-order valence-electron chi connectivity index (χ2n) is 7.83. The molecule has 0 radical (unpaired) electrons. The van der Waals surface area contributed by atoms with E-state index in [9.17, 15) is 10.1 Å². The topological polar surface area (TPSA) is 73.4 Å². The summed E-state index contributed by atoms with van der Waals surface area (Å²) in [5, 5.41) is 15.6. The minimum absolute atomic E-state index is 0.0832. The SMILES string of the molecule is Cc1c(-c2ccc([N+](=O)[O-])cc2)c(N(C)C)nn1COCC[Si](C)(C)C. The third kappa shape index (κ3) is 4.92. The molecule has 1 heterocycles. The summed E-state index contributed by atoms with van der Waals surface area (Å²) >= 11 is 0. The van der Waals surface area contributed by atoms with Crippen LogP contribution in [0.1, 0.15) is 5.69 Å². The molecule has 0 saturated heterocycles. The molecule has 8 heteroatoms. The highest BCUT2D eigenvalue weighted by Crippen LogP contribution is 2.33. The first kappa shape index (κ1) is 20.1. The fourth-order valence-electron chi connectivity index (χ4n) is 2.59. The van der Waals surface area contributed by atoms with E-state index in [0.717, 1.165) is 35.3 Å². The number of hydrogen-bond donors (Lipinski definition) is 0. The summed E-state index contributed by atoms with van der Waals surface area (Å²) in [5.41, 5.74) is 2.94. The van der Waals surface area contributed by atoms with Crippen molar-refractivity contribution in [2.45, 2.75) is 39.3 Å². The Morgan fingerprint density at radius 3 is 2.35 bits per heavy atom. The molecule has 0 aliphatic heterocycles. The number of rotatable bonds is 8. The highest BCUT2D eigenvalue weighted by atomic mass is 28.3. The highest BCUT2D eigenvalue weighted by molar-refractivity contribution is 6.76. The zero-order chi connectivity index (χ0) is 19.5. The molecule has 7 nitrogen and oxygen atoms in total. The van der Waals surface area contributed by atoms with Gasteiger partial charge in [0, 0.05) is 52.2 Å². The quantitative estimate of drug-likeness (QED) is 0.299. The summed E-state index contributed by atoms with van der Waals surface area (Å²) in [6, 6.07) is 7.70. The number of nitrogens with zero attached hydrogens (tertiary/aromatic N) is 4. The van der Waals surface area contributed by atoms with Crippen molar-refractivity contribution >= 4 is 19.6 Å². The van der Waals surface area contributed by atoms with Crippen molar-refractivity contribution in [3.05, 3.63) is 40.1 Å². The first-order valence-corrected chi connectivity index (χ1v) is 12.4. The van der Waals surface area contributed by atoms with Crippen LogP contribution in [0.15, 0.2) is 24.3 Å². The molecule has 0 atom stereocenters. The molecule has 0 aliphatic rings. The molecular weight excluding hydrogens is 348 g/mol. The van der Waals surface area contributed by atoms with Gasteiger partial charge in [-0.15, -0.1) is 0 Å². The number of aromatic nitrogens is 2. The molecule has 0 unspecified atom stereocenters. The fourth-order valence-corrected chi connectivity index (χ4v) is 3.34. The van der Waals surface area contributed by atoms with E-state index in [1.54, 1.807) is 12.1 Å². The van der Waals surface area contributed by atoms with Crippen molar-refractivity contribution in [1.82, 2.24) is 9.78 Å². The van der Waals surface area contributed by atoms with Crippen LogP contribution in [0.5, 0.6) is 0 Å². The van der Waals surface area contributed by atoms with E-state index < -0.39 is 8.07 Å². The predicted molar refractivity (Wildman–Crippen MR) is 107 cm³/mol. The van der Waals surface area contributed by atoms with Crippen molar-refractivity contribution < 1.29 is 9.66 Å². The Balaban J connectivity index is 2.25. The maximum absolute atomic E-state index is 10.9. The van der Waals surface area contributed by atoms with Crippen LogP contribution in [0.2, 0.25) is 25.7 Å². The average molecular weight is 377 g/mol. The third-order valence-electron chi connectivity index (χ3n) is 4.19. The number of benzene rings is 1. The average Bonchev–Trinajstić information content (AvgIpc) is 2.88. The molecule has 142 valence electrons. The van der Waals surface area contributed by atoms with Crippen LogP contribution in [0.4, 0.5) is 11.5 Å². The monoisotopic (exact) mass is 376 g/mol. The van der Waals surface area contributed by atoms with Gasteiger partial charge in [-0.3, -0.25) is 10.1 Å². The molecule has 26 heavy (non-hydrogen) atoms. The van der Waals surface area contributed by atoms with Gasteiger partial charge in [-0.2, -0.15) is 5.10 Å². The van der Waals surface area contributed by atoms with E-state index in [1.807, 2.05) is 30.6 Å². The lowest BCUT2D eigenvalue weighted by Crippen LogP contribution is -2.22. The van der Waals surface area contributed by atoms with E-state index in [4.69, 9.17) is 4.74 Å². The van der Waals surface area contributed by atoms with Crippen molar-refractivity contribution in [2.24, 2.45) is 0 Å². The number of nitro benzene ring substituents is 1. The van der Waals surface area contributed by atoms with Gasteiger partial charge >= 0.3 is 0 Å². The van der Waals surface area contributed by atoms with Gasteiger partial charge in [-0.1, -0.05) is 19.6 Å². The minimum atomic E-state index is -1.12. The van der Waals surface area contributed by atoms with Gasteiger partial charge in [0.2, 0.25) is 0 Å². The molecular formula is C18H28N4O3Si. The Kier molecular flexibility index (Phi) is 6.20. The van der Waals surface area contributed by atoms with Crippen molar-refractivity contribution in [2.75, 3.05) is 25.6 Å². The van der Waals surface area contributed by atoms with Gasteiger partial charge in [-0.25, -0.2) is 4.68 Å². The Morgan fingerprint density at radius 2 is 1.85 bits per heavy atom. The van der Waals surface area contributed by atoms with E-state index in [1.165, 1.54) is 12.1 Å². The highest BCUT2D eigenvalue weighted by Gasteiger charge is 2.19. The number of ether oxygens (including phenoxy) is 1. The van der Waals surface area contributed by atoms with E-state index in [-0.39, 0.29) is 10.6 Å². The summed E-state index contributed by atoms with van der Waals surface area (Å²) in [6.07, 6.45) is 0. The lowest BCUT2D eigenvalue weighted by Gasteiger charge is -2.15. The Morgan fingerprint density at radius 1 is 1.23 bits per heavy atom. The van der Waals surface area contributed by atoms with Crippen LogP contribution in [-0.2, 0) is 11.5 Å². The van der Waals surface area contributed by atoms with Crippen LogP contribution in [0.25, 0.3) is 11.1 Å². The second-order valence-corrected chi connectivity index (χ2v) is 13.5. The van der Waals surface area contributed by atoms with E-state index in [2.05, 4.69) is 24.7 Å². The zero-order valence-electron chi connectivity index (χ0n) is 16.4. The number of nitro groups is 1. The van der Waals surface area contributed by atoms with Gasteiger partial charge in [0.15, 0.2) is 5.82 Å². The lowest BCUT2D eigenvalue weighted by atomic mass is 10.1. The first-order valence-electron chi connectivity index (χ1n) is 8.67. The Labute approximate surface area is 155 Å². The molecule has 0 aliphatic carbocycles.